The molecule has 1 aliphatic heterocycles. The normalized spacial score (nSPS) is 13.9. The highest BCUT2D eigenvalue weighted by Gasteiger charge is 2.19. The molecule has 1 fully saturated rings. The van der Waals surface area contributed by atoms with Gasteiger partial charge < -0.3 is 10.2 Å². The van der Waals surface area contributed by atoms with Gasteiger partial charge in [0.2, 0.25) is 10.0 Å². The second-order valence-electron chi connectivity index (χ2n) is 6.37. The van der Waals surface area contributed by atoms with Crippen LogP contribution >= 0.6 is 11.6 Å². The molecule has 28 heavy (non-hydrogen) atoms. The van der Waals surface area contributed by atoms with Gasteiger partial charge in [0.05, 0.1) is 22.8 Å². The van der Waals surface area contributed by atoms with Crippen molar-refractivity contribution in [1.82, 2.24) is 4.72 Å². The Balaban J connectivity index is 1.85. The Labute approximate surface area is 169 Å². The molecule has 0 saturated carbocycles. The fourth-order valence-electron chi connectivity index (χ4n) is 3.06. The zero-order valence-electron chi connectivity index (χ0n) is 15.1. The largest absolute Gasteiger partial charge is 0.370 e. The van der Waals surface area contributed by atoms with Crippen LogP contribution in [0.5, 0.6) is 0 Å². The van der Waals surface area contributed by atoms with Crippen LogP contribution in [0.15, 0.2) is 47.4 Å². The molecular weight excluding hydrogens is 398 g/mol. The maximum Gasteiger partial charge on any atom is 0.255 e. The molecule has 2 N–H and O–H groups in total. The Kier molecular flexibility index (Phi) is 6.25. The fraction of sp³-hybridized carbons (Fsp3) is 0.250. The Hall–Kier alpha value is -2.53. The highest BCUT2D eigenvalue weighted by Crippen LogP contribution is 2.32. The Morgan fingerprint density at radius 1 is 1.18 bits per heavy atom. The van der Waals surface area contributed by atoms with Crippen molar-refractivity contribution in [2.75, 3.05) is 29.9 Å². The number of carbonyl (C=O) groups excluding carboxylic acids is 1. The quantitative estimate of drug-likeness (QED) is 0.708. The van der Waals surface area contributed by atoms with Gasteiger partial charge in [0.15, 0.2) is 0 Å². The van der Waals surface area contributed by atoms with E-state index < -0.39 is 15.9 Å². The van der Waals surface area contributed by atoms with Crippen molar-refractivity contribution < 1.29 is 13.2 Å². The molecule has 0 bridgehead atoms. The first kappa shape index (κ1) is 20.2. The molecule has 0 spiro atoms. The molecule has 0 atom stereocenters. The Morgan fingerprint density at radius 2 is 1.93 bits per heavy atom. The number of benzene rings is 2. The van der Waals surface area contributed by atoms with Gasteiger partial charge in [-0.15, -0.1) is 6.42 Å². The monoisotopic (exact) mass is 417 g/mol. The molecule has 2 aromatic carbocycles. The fourth-order valence-corrected chi connectivity index (χ4v) is 4.21. The second kappa shape index (κ2) is 8.65. The number of anilines is 2. The van der Waals surface area contributed by atoms with Crippen LogP contribution in [0.4, 0.5) is 11.4 Å². The number of rotatable bonds is 6. The molecule has 6 nitrogen and oxygen atoms in total. The molecule has 1 aliphatic rings. The number of amides is 1. The van der Waals surface area contributed by atoms with E-state index in [1.807, 2.05) is 6.07 Å². The topological polar surface area (TPSA) is 78.5 Å². The summed E-state index contributed by atoms with van der Waals surface area (Å²) in [5.74, 6) is 1.80. The molecule has 2 aromatic rings. The summed E-state index contributed by atoms with van der Waals surface area (Å²) in [5, 5.41) is 3.36. The van der Waals surface area contributed by atoms with E-state index in [9.17, 15) is 13.2 Å². The first-order valence-corrected chi connectivity index (χ1v) is 10.7. The van der Waals surface area contributed by atoms with Gasteiger partial charge in [0.1, 0.15) is 0 Å². The van der Waals surface area contributed by atoms with Gasteiger partial charge in [-0.05, 0) is 49.2 Å². The average Bonchev–Trinajstić information content (AvgIpc) is 3.21. The van der Waals surface area contributed by atoms with Gasteiger partial charge in [-0.2, -0.15) is 4.72 Å². The van der Waals surface area contributed by atoms with E-state index in [0.717, 1.165) is 31.6 Å². The third kappa shape index (κ3) is 4.65. The van der Waals surface area contributed by atoms with Gasteiger partial charge in [0, 0.05) is 23.7 Å². The van der Waals surface area contributed by atoms with Crippen LogP contribution in [-0.4, -0.2) is 34.0 Å². The van der Waals surface area contributed by atoms with Crippen LogP contribution in [0, 0.1) is 12.3 Å². The maximum atomic E-state index is 12.8. The van der Waals surface area contributed by atoms with Crippen molar-refractivity contribution in [3.63, 3.8) is 0 Å². The zero-order valence-corrected chi connectivity index (χ0v) is 16.7. The van der Waals surface area contributed by atoms with Crippen molar-refractivity contribution in [3.05, 3.63) is 53.1 Å². The molecule has 1 heterocycles. The number of nitrogens with zero attached hydrogens (tertiary/aromatic N) is 1. The van der Waals surface area contributed by atoms with Crippen LogP contribution in [0.1, 0.15) is 23.2 Å². The van der Waals surface area contributed by atoms with Crippen molar-refractivity contribution in [2.45, 2.75) is 17.7 Å². The Bertz CT molecular complexity index is 1030. The number of halogens is 1. The predicted octanol–water partition coefficient (Wildman–Crippen LogP) is 3.10. The second-order valence-corrected chi connectivity index (χ2v) is 8.57. The molecule has 1 saturated heterocycles. The van der Waals surface area contributed by atoms with E-state index in [1.54, 1.807) is 18.2 Å². The van der Waals surface area contributed by atoms with Gasteiger partial charge in [-0.1, -0.05) is 23.6 Å². The minimum absolute atomic E-state index is 0.0266. The van der Waals surface area contributed by atoms with Gasteiger partial charge in [-0.3, -0.25) is 4.79 Å². The lowest BCUT2D eigenvalue weighted by atomic mass is 10.2. The van der Waals surface area contributed by atoms with Crippen LogP contribution in [0.3, 0.4) is 0 Å². The van der Waals surface area contributed by atoms with E-state index >= 15 is 0 Å². The summed E-state index contributed by atoms with van der Waals surface area (Å²) in [6.07, 6.45) is 7.30. The lowest BCUT2D eigenvalue weighted by Crippen LogP contribution is -2.24. The predicted molar refractivity (Wildman–Crippen MR) is 111 cm³/mol. The number of nitrogens with one attached hydrogen (secondary N) is 2. The van der Waals surface area contributed by atoms with Gasteiger partial charge in [-0.25, -0.2) is 8.42 Å². The standard InChI is InChI=1S/C20H20ClN3O3S/c1-2-10-22-28(26,27)17-7-5-6-15(13-17)20(25)23-18-14-16(21)8-9-19(18)24-11-3-4-12-24/h1,5-9,13-14,22H,3-4,10-12H2,(H,23,25). The summed E-state index contributed by atoms with van der Waals surface area (Å²) in [6, 6.07) is 11.2. The number of terminal acetylenes is 1. The highest BCUT2D eigenvalue weighted by molar-refractivity contribution is 7.89. The van der Waals surface area contributed by atoms with E-state index in [1.165, 1.54) is 18.2 Å². The third-order valence-corrected chi connectivity index (χ3v) is 6.06. The molecule has 0 unspecified atom stereocenters. The lowest BCUT2D eigenvalue weighted by molar-refractivity contribution is 0.102. The van der Waals surface area contributed by atoms with E-state index in [0.29, 0.717) is 10.7 Å². The molecule has 8 heteroatoms. The average molecular weight is 418 g/mol. The van der Waals surface area contributed by atoms with Crippen molar-refractivity contribution >= 4 is 38.9 Å². The Morgan fingerprint density at radius 3 is 2.64 bits per heavy atom. The van der Waals surface area contributed by atoms with Crippen LogP contribution in [0.25, 0.3) is 0 Å². The first-order chi connectivity index (χ1) is 13.4. The summed E-state index contributed by atoms with van der Waals surface area (Å²) in [5.41, 5.74) is 1.71. The van der Waals surface area contributed by atoms with E-state index in [2.05, 4.69) is 20.9 Å². The third-order valence-electron chi connectivity index (χ3n) is 4.42. The number of sulfonamides is 1. The molecule has 1 amide bonds. The SMILES string of the molecule is C#CCNS(=O)(=O)c1cccc(C(=O)Nc2cc(Cl)ccc2N2CCCC2)c1. The molecular formula is C20H20ClN3O3S. The summed E-state index contributed by atoms with van der Waals surface area (Å²) in [4.78, 5) is 14.9. The molecule has 0 aliphatic carbocycles. The molecule has 146 valence electrons. The lowest BCUT2D eigenvalue weighted by Gasteiger charge is -2.22. The number of carbonyl (C=O) groups is 1. The van der Waals surface area contributed by atoms with Crippen molar-refractivity contribution in [2.24, 2.45) is 0 Å². The van der Waals surface area contributed by atoms with Gasteiger partial charge >= 0.3 is 0 Å². The summed E-state index contributed by atoms with van der Waals surface area (Å²) >= 11 is 6.11. The van der Waals surface area contributed by atoms with Crippen LogP contribution < -0.4 is 14.9 Å². The number of hydrogen-bond acceptors (Lipinski definition) is 4. The zero-order chi connectivity index (χ0) is 20.1. The van der Waals surface area contributed by atoms with E-state index in [-0.39, 0.29) is 17.0 Å². The molecule has 0 radical (unpaired) electrons. The minimum Gasteiger partial charge on any atom is -0.370 e. The molecule has 0 aromatic heterocycles. The summed E-state index contributed by atoms with van der Waals surface area (Å²) in [6.45, 7) is 1.71. The van der Waals surface area contributed by atoms with E-state index in [4.69, 9.17) is 18.0 Å². The maximum absolute atomic E-state index is 12.8. The number of hydrogen-bond donors (Lipinski definition) is 2. The highest BCUT2D eigenvalue weighted by atomic mass is 35.5. The van der Waals surface area contributed by atoms with Crippen molar-refractivity contribution in [3.8, 4) is 12.3 Å². The van der Waals surface area contributed by atoms with Crippen LogP contribution in [0.2, 0.25) is 5.02 Å². The smallest absolute Gasteiger partial charge is 0.255 e. The van der Waals surface area contributed by atoms with Crippen LogP contribution in [-0.2, 0) is 10.0 Å². The molecule has 3 rings (SSSR count). The summed E-state index contributed by atoms with van der Waals surface area (Å²) < 4.78 is 26.7. The van der Waals surface area contributed by atoms with Gasteiger partial charge in [0.25, 0.3) is 5.91 Å². The minimum atomic E-state index is -3.78. The summed E-state index contributed by atoms with van der Waals surface area (Å²) in [7, 11) is -3.78. The first-order valence-electron chi connectivity index (χ1n) is 8.80. The van der Waals surface area contributed by atoms with Crippen molar-refractivity contribution in [1.29, 1.82) is 0 Å².